The highest BCUT2D eigenvalue weighted by Crippen LogP contribution is 2.38. The number of fused-ring (bicyclic) bond motifs is 1. The lowest BCUT2D eigenvalue weighted by Gasteiger charge is -2.35. The SMILES string of the molecule is CNCC1CCN(c2ccccc2)c2ccccc21. The van der Waals surface area contributed by atoms with Gasteiger partial charge in [0.05, 0.1) is 0 Å². The second-order valence-corrected chi connectivity index (χ2v) is 5.09. The first-order valence-corrected chi connectivity index (χ1v) is 6.96. The Morgan fingerprint density at radius 3 is 2.58 bits per heavy atom. The molecular weight excluding hydrogens is 232 g/mol. The summed E-state index contributed by atoms with van der Waals surface area (Å²) in [4.78, 5) is 2.43. The lowest BCUT2D eigenvalue weighted by atomic mass is 9.89. The van der Waals surface area contributed by atoms with Crippen LogP contribution in [0.2, 0.25) is 0 Å². The van der Waals surface area contributed by atoms with Gasteiger partial charge in [-0.1, -0.05) is 36.4 Å². The van der Waals surface area contributed by atoms with Crippen LogP contribution in [-0.4, -0.2) is 20.1 Å². The minimum absolute atomic E-state index is 0.626. The maximum Gasteiger partial charge on any atom is 0.0446 e. The summed E-state index contributed by atoms with van der Waals surface area (Å²) in [5.41, 5.74) is 4.12. The lowest BCUT2D eigenvalue weighted by molar-refractivity contribution is 0.568. The van der Waals surface area contributed by atoms with Gasteiger partial charge in [-0.15, -0.1) is 0 Å². The third-order valence-electron chi connectivity index (χ3n) is 3.89. The number of rotatable bonds is 3. The Labute approximate surface area is 115 Å². The molecule has 1 aliphatic heterocycles. The van der Waals surface area contributed by atoms with Crippen molar-refractivity contribution in [3.63, 3.8) is 0 Å². The van der Waals surface area contributed by atoms with Crippen molar-refractivity contribution in [1.82, 2.24) is 5.32 Å². The van der Waals surface area contributed by atoms with E-state index in [4.69, 9.17) is 0 Å². The molecule has 3 rings (SSSR count). The summed E-state index contributed by atoms with van der Waals surface area (Å²) in [6.07, 6.45) is 1.20. The van der Waals surface area contributed by atoms with E-state index in [0.29, 0.717) is 5.92 Å². The van der Waals surface area contributed by atoms with Crippen LogP contribution < -0.4 is 10.2 Å². The van der Waals surface area contributed by atoms with Crippen LogP contribution in [0.25, 0.3) is 0 Å². The van der Waals surface area contributed by atoms with E-state index in [2.05, 4.69) is 64.8 Å². The van der Waals surface area contributed by atoms with Gasteiger partial charge in [0.25, 0.3) is 0 Å². The number of nitrogens with one attached hydrogen (secondary N) is 1. The van der Waals surface area contributed by atoms with Crippen molar-refractivity contribution in [3.8, 4) is 0 Å². The fourth-order valence-corrected chi connectivity index (χ4v) is 2.97. The second kappa shape index (κ2) is 5.45. The smallest absolute Gasteiger partial charge is 0.0446 e. The zero-order valence-corrected chi connectivity index (χ0v) is 11.3. The Hall–Kier alpha value is -1.80. The van der Waals surface area contributed by atoms with Gasteiger partial charge in [0, 0.05) is 30.4 Å². The molecule has 0 aromatic heterocycles. The molecule has 0 amide bonds. The largest absolute Gasteiger partial charge is 0.341 e. The number of hydrogen-bond donors (Lipinski definition) is 1. The van der Waals surface area contributed by atoms with E-state index < -0.39 is 0 Å². The van der Waals surface area contributed by atoms with E-state index >= 15 is 0 Å². The van der Waals surface area contributed by atoms with Crippen LogP contribution in [0.3, 0.4) is 0 Å². The summed E-state index contributed by atoms with van der Waals surface area (Å²) in [6, 6.07) is 19.5. The zero-order valence-electron chi connectivity index (χ0n) is 11.3. The van der Waals surface area contributed by atoms with Crippen LogP contribution in [0.15, 0.2) is 54.6 Å². The molecular formula is C17H20N2. The van der Waals surface area contributed by atoms with E-state index in [0.717, 1.165) is 13.1 Å². The van der Waals surface area contributed by atoms with Crippen LogP contribution >= 0.6 is 0 Å². The maximum absolute atomic E-state index is 3.31. The topological polar surface area (TPSA) is 15.3 Å². The number of likely N-dealkylation sites (N-methyl/N-ethyl adjacent to an activating group) is 1. The Bertz CT molecular complexity index is 536. The Kier molecular flexibility index (Phi) is 3.51. The number of anilines is 2. The van der Waals surface area contributed by atoms with E-state index in [-0.39, 0.29) is 0 Å². The van der Waals surface area contributed by atoms with Gasteiger partial charge < -0.3 is 10.2 Å². The molecule has 1 N–H and O–H groups in total. The highest BCUT2D eigenvalue weighted by Gasteiger charge is 2.24. The minimum Gasteiger partial charge on any atom is -0.341 e. The minimum atomic E-state index is 0.626. The average Bonchev–Trinajstić information content (AvgIpc) is 2.49. The molecule has 1 atom stereocenters. The molecule has 98 valence electrons. The molecule has 1 heterocycles. The molecule has 0 fully saturated rings. The first-order valence-electron chi connectivity index (χ1n) is 6.96. The number of benzene rings is 2. The highest BCUT2D eigenvalue weighted by atomic mass is 15.1. The van der Waals surface area contributed by atoms with Crippen molar-refractivity contribution in [1.29, 1.82) is 0 Å². The van der Waals surface area contributed by atoms with Gasteiger partial charge in [-0.3, -0.25) is 0 Å². The lowest BCUT2D eigenvalue weighted by Crippen LogP contribution is -2.30. The average molecular weight is 252 g/mol. The Balaban J connectivity index is 1.99. The highest BCUT2D eigenvalue weighted by molar-refractivity contribution is 5.68. The summed E-state index contributed by atoms with van der Waals surface area (Å²) < 4.78 is 0. The predicted molar refractivity (Wildman–Crippen MR) is 81.2 cm³/mol. The standard InChI is InChI=1S/C17H20N2/c1-18-13-14-11-12-19(15-7-3-2-4-8-15)17-10-6-5-9-16(14)17/h2-10,14,18H,11-13H2,1H3. The maximum atomic E-state index is 3.31. The first kappa shape index (κ1) is 12.2. The fourth-order valence-electron chi connectivity index (χ4n) is 2.97. The van der Waals surface area contributed by atoms with Gasteiger partial charge in [-0.2, -0.15) is 0 Å². The van der Waals surface area contributed by atoms with E-state index in [1.165, 1.54) is 23.4 Å². The van der Waals surface area contributed by atoms with E-state index in [9.17, 15) is 0 Å². The van der Waals surface area contributed by atoms with Crippen LogP contribution in [0.1, 0.15) is 17.9 Å². The summed E-state index contributed by atoms with van der Waals surface area (Å²) in [5, 5.41) is 3.31. The monoisotopic (exact) mass is 252 g/mol. The Morgan fingerprint density at radius 2 is 1.79 bits per heavy atom. The predicted octanol–water partition coefficient (Wildman–Crippen LogP) is 3.53. The molecule has 2 aromatic rings. The van der Waals surface area contributed by atoms with Crippen molar-refractivity contribution in [2.45, 2.75) is 12.3 Å². The molecule has 2 nitrogen and oxygen atoms in total. The van der Waals surface area contributed by atoms with Gasteiger partial charge >= 0.3 is 0 Å². The van der Waals surface area contributed by atoms with Gasteiger partial charge in [0.1, 0.15) is 0 Å². The van der Waals surface area contributed by atoms with E-state index in [1.807, 2.05) is 7.05 Å². The second-order valence-electron chi connectivity index (χ2n) is 5.09. The summed E-state index contributed by atoms with van der Waals surface area (Å²) >= 11 is 0. The third kappa shape index (κ3) is 2.36. The van der Waals surface area contributed by atoms with Crippen LogP contribution in [0.4, 0.5) is 11.4 Å². The molecule has 1 unspecified atom stereocenters. The molecule has 0 saturated carbocycles. The first-order chi connectivity index (χ1) is 9.40. The molecule has 2 heteroatoms. The number of para-hydroxylation sites is 2. The zero-order chi connectivity index (χ0) is 13.1. The molecule has 0 aliphatic carbocycles. The molecule has 0 bridgehead atoms. The van der Waals surface area contributed by atoms with Crippen molar-refractivity contribution in [2.24, 2.45) is 0 Å². The van der Waals surface area contributed by atoms with Gasteiger partial charge in [0.15, 0.2) is 0 Å². The molecule has 1 aliphatic rings. The van der Waals surface area contributed by atoms with Crippen LogP contribution in [0.5, 0.6) is 0 Å². The van der Waals surface area contributed by atoms with Crippen molar-refractivity contribution in [3.05, 3.63) is 60.2 Å². The molecule has 0 saturated heterocycles. The molecule has 19 heavy (non-hydrogen) atoms. The fraction of sp³-hybridized carbons (Fsp3) is 0.294. The van der Waals surface area contributed by atoms with Crippen LogP contribution in [0, 0.1) is 0 Å². The van der Waals surface area contributed by atoms with Gasteiger partial charge in [-0.25, -0.2) is 0 Å². The Morgan fingerprint density at radius 1 is 1.05 bits per heavy atom. The summed E-state index contributed by atoms with van der Waals surface area (Å²) in [6.45, 7) is 2.15. The summed E-state index contributed by atoms with van der Waals surface area (Å²) in [5.74, 6) is 0.626. The number of nitrogens with zero attached hydrogens (tertiary/aromatic N) is 1. The quantitative estimate of drug-likeness (QED) is 0.899. The van der Waals surface area contributed by atoms with Crippen molar-refractivity contribution >= 4 is 11.4 Å². The van der Waals surface area contributed by atoms with Crippen molar-refractivity contribution in [2.75, 3.05) is 25.0 Å². The molecule has 0 radical (unpaired) electrons. The normalized spacial score (nSPS) is 18.2. The molecule has 2 aromatic carbocycles. The number of hydrogen-bond acceptors (Lipinski definition) is 2. The third-order valence-corrected chi connectivity index (χ3v) is 3.89. The summed E-state index contributed by atoms with van der Waals surface area (Å²) in [7, 11) is 2.03. The van der Waals surface area contributed by atoms with Gasteiger partial charge in [0.2, 0.25) is 0 Å². The van der Waals surface area contributed by atoms with Crippen molar-refractivity contribution < 1.29 is 0 Å². The van der Waals surface area contributed by atoms with Gasteiger partial charge in [-0.05, 0) is 37.2 Å². The molecule has 0 spiro atoms. The van der Waals surface area contributed by atoms with E-state index in [1.54, 1.807) is 0 Å². The van der Waals surface area contributed by atoms with Crippen LogP contribution in [-0.2, 0) is 0 Å².